The van der Waals surface area contributed by atoms with Crippen LogP contribution in [-0.2, 0) is 11.2 Å². The lowest BCUT2D eigenvalue weighted by atomic mass is 9.93. The Morgan fingerprint density at radius 1 is 1.15 bits per heavy atom. The zero-order valence-corrected chi connectivity index (χ0v) is 16.0. The standard InChI is InChI=1S/C22H22N2O2S/c1-26-19-10-6-5-9-18(19)23-21(25)15-24-13-11-20-17(12-14-27-20)22(24)16-7-3-2-4-8-16/h2-10,12,14,22H,11,13,15H2,1H3,(H,23,25). The molecular formula is C22H22N2O2S. The summed E-state index contributed by atoms with van der Waals surface area (Å²) >= 11 is 1.81. The van der Waals surface area contributed by atoms with E-state index in [0.717, 1.165) is 13.0 Å². The third kappa shape index (κ3) is 3.75. The van der Waals surface area contributed by atoms with Gasteiger partial charge in [-0.2, -0.15) is 0 Å². The Morgan fingerprint density at radius 3 is 2.74 bits per heavy atom. The van der Waals surface area contributed by atoms with Gasteiger partial charge in [0.15, 0.2) is 0 Å². The van der Waals surface area contributed by atoms with E-state index < -0.39 is 0 Å². The lowest BCUT2D eigenvalue weighted by Gasteiger charge is -2.35. The Kier molecular flexibility index (Phi) is 5.23. The Bertz CT molecular complexity index is 923. The van der Waals surface area contributed by atoms with Gasteiger partial charge in [-0.15, -0.1) is 11.3 Å². The Labute approximate surface area is 163 Å². The molecule has 1 aliphatic rings. The Hall–Kier alpha value is -2.63. The number of thiophene rings is 1. The van der Waals surface area contributed by atoms with Crippen molar-refractivity contribution < 1.29 is 9.53 Å². The van der Waals surface area contributed by atoms with Gasteiger partial charge < -0.3 is 10.1 Å². The molecule has 3 aromatic rings. The molecule has 0 saturated heterocycles. The summed E-state index contributed by atoms with van der Waals surface area (Å²) in [5, 5.41) is 5.15. The van der Waals surface area contributed by atoms with Crippen molar-refractivity contribution in [2.75, 3.05) is 25.5 Å². The molecule has 1 N–H and O–H groups in total. The minimum Gasteiger partial charge on any atom is -0.495 e. The van der Waals surface area contributed by atoms with E-state index in [1.54, 1.807) is 7.11 Å². The van der Waals surface area contributed by atoms with Crippen molar-refractivity contribution >= 4 is 22.9 Å². The number of benzene rings is 2. The fourth-order valence-electron chi connectivity index (χ4n) is 3.69. The zero-order valence-electron chi connectivity index (χ0n) is 15.2. The van der Waals surface area contributed by atoms with E-state index in [4.69, 9.17) is 4.74 Å². The monoisotopic (exact) mass is 378 g/mol. The maximum absolute atomic E-state index is 12.8. The molecule has 0 bridgehead atoms. The molecule has 2 aromatic carbocycles. The van der Waals surface area contributed by atoms with Gasteiger partial charge >= 0.3 is 0 Å². The molecule has 1 aromatic heterocycles. The van der Waals surface area contributed by atoms with Crippen molar-refractivity contribution in [1.29, 1.82) is 0 Å². The quantitative estimate of drug-likeness (QED) is 0.718. The lowest BCUT2D eigenvalue weighted by Crippen LogP contribution is -2.40. The van der Waals surface area contributed by atoms with E-state index in [0.29, 0.717) is 18.0 Å². The van der Waals surface area contributed by atoms with E-state index >= 15 is 0 Å². The number of para-hydroxylation sites is 2. The molecule has 27 heavy (non-hydrogen) atoms. The fourth-order valence-corrected chi connectivity index (χ4v) is 4.59. The summed E-state index contributed by atoms with van der Waals surface area (Å²) < 4.78 is 5.34. The van der Waals surface area contributed by atoms with E-state index in [1.807, 2.05) is 41.7 Å². The number of rotatable bonds is 5. The van der Waals surface area contributed by atoms with E-state index in [1.165, 1.54) is 16.0 Å². The molecule has 4 nitrogen and oxygen atoms in total. The highest BCUT2D eigenvalue weighted by Gasteiger charge is 2.30. The number of carbonyl (C=O) groups is 1. The van der Waals surface area contributed by atoms with Gasteiger partial charge in [-0.3, -0.25) is 9.69 Å². The van der Waals surface area contributed by atoms with Crippen molar-refractivity contribution in [3.8, 4) is 5.75 Å². The lowest BCUT2D eigenvalue weighted by molar-refractivity contribution is -0.117. The Morgan fingerprint density at radius 2 is 1.93 bits per heavy atom. The second-order valence-electron chi connectivity index (χ2n) is 6.58. The first-order valence-electron chi connectivity index (χ1n) is 9.04. The highest BCUT2D eigenvalue weighted by molar-refractivity contribution is 7.10. The fraction of sp³-hybridized carbons (Fsp3) is 0.227. The van der Waals surface area contributed by atoms with Gasteiger partial charge in [-0.1, -0.05) is 42.5 Å². The van der Waals surface area contributed by atoms with Crippen LogP contribution in [0.3, 0.4) is 0 Å². The first kappa shape index (κ1) is 17.8. The zero-order chi connectivity index (χ0) is 18.6. The van der Waals surface area contributed by atoms with Crippen LogP contribution in [0.25, 0.3) is 0 Å². The van der Waals surface area contributed by atoms with Crippen LogP contribution in [0, 0.1) is 0 Å². The third-order valence-electron chi connectivity index (χ3n) is 4.91. The largest absolute Gasteiger partial charge is 0.495 e. The van der Waals surface area contributed by atoms with Gasteiger partial charge in [0, 0.05) is 11.4 Å². The molecule has 5 heteroatoms. The van der Waals surface area contributed by atoms with Crippen LogP contribution in [-0.4, -0.2) is 31.0 Å². The van der Waals surface area contributed by atoms with Crippen LogP contribution in [0.15, 0.2) is 66.0 Å². The molecule has 1 unspecified atom stereocenters. The van der Waals surface area contributed by atoms with Crippen molar-refractivity contribution in [2.45, 2.75) is 12.5 Å². The van der Waals surface area contributed by atoms with Gasteiger partial charge in [-0.25, -0.2) is 0 Å². The predicted molar refractivity (Wildman–Crippen MR) is 110 cm³/mol. The van der Waals surface area contributed by atoms with E-state index in [9.17, 15) is 4.79 Å². The molecule has 1 amide bonds. The predicted octanol–water partition coefficient (Wildman–Crippen LogP) is 4.34. The van der Waals surface area contributed by atoms with Gasteiger partial charge in [0.25, 0.3) is 0 Å². The summed E-state index contributed by atoms with van der Waals surface area (Å²) in [4.78, 5) is 16.5. The van der Waals surface area contributed by atoms with Crippen molar-refractivity contribution in [3.05, 3.63) is 82.0 Å². The second kappa shape index (κ2) is 7.94. The minimum atomic E-state index is -0.0286. The Balaban J connectivity index is 1.56. The summed E-state index contributed by atoms with van der Waals surface area (Å²) in [5.41, 5.74) is 3.25. The first-order valence-corrected chi connectivity index (χ1v) is 9.92. The molecule has 0 spiro atoms. The second-order valence-corrected chi connectivity index (χ2v) is 7.58. The van der Waals surface area contributed by atoms with E-state index in [-0.39, 0.29) is 11.9 Å². The van der Waals surface area contributed by atoms with Crippen molar-refractivity contribution in [3.63, 3.8) is 0 Å². The normalized spacial score (nSPS) is 16.6. The average Bonchev–Trinajstić information content (AvgIpc) is 3.17. The molecule has 1 atom stereocenters. The number of methoxy groups -OCH3 is 1. The SMILES string of the molecule is COc1ccccc1NC(=O)CN1CCc2sccc2C1c1ccccc1. The maximum Gasteiger partial charge on any atom is 0.238 e. The maximum atomic E-state index is 12.8. The molecule has 0 aliphatic carbocycles. The summed E-state index contributed by atoms with van der Waals surface area (Å²) in [6, 6.07) is 20.2. The summed E-state index contributed by atoms with van der Waals surface area (Å²) in [7, 11) is 1.61. The average molecular weight is 378 g/mol. The molecule has 1 aliphatic heterocycles. The highest BCUT2D eigenvalue weighted by Crippen LogP contribution is 2.37. The molecule has 0 fully saturated rings. The van der Waals surface area contributed by atoms with Gasteiger partial charge in [0.05, 0.1) is 25.4 Å². The highest BCUT2D eigenvalue weighted by atomic mass is 32.1. The van der Waals surface area contributed by atoms with Crippen LogP contribution in [0.5, 0.6) is 5.75 Å². The molecule has 138 valence electrons. The number of nitrogens with one attached hydrogen (secondary N) is 1. The summed E-state index contributed by atoms with van der Waals surface area (Å²) in [6.45, 7) is 1.21. The molecule has 0 saturated carbocycles. The number of ether oxygens (including phenoxy) is 1. The van der Waals surface area contributed by atoms with Crippen LogP contribution >= 0.6 is 11.3 Å². The number of amides is 1. The van der Waals surface area contributed by atoms with Crippen LogP contribution in [0.2, 0.25) is 0 Å². The number of hydrogen-bond donors (Lipinski definition) is 1. The van der Waals surface area contributed by atoms with Crippen LogP contribution < -0.4 is 10.1 Å². The van der Waals surface area contributed by atoms with Crippen LogP contribution in [0.1, 0.15) is 22.0 Å². The topological polar surface area (TPSA) is 41.6 Å². The van der Waals surface area contributed by atoms with Crippen molar-refractivity contribution in [2.24, 2.45) is 0 Å². The first-order chi connectivity index (χ1) is 13.3. The summed E-state index contributed by atoms with van der Waals surface area (Å²) in [5.74, 6) is 0.642. The van der Waals surface area contributed by atoms with Crippen molar-refractivity contribution in [1.82, 2.24) is 4.90 Å². The van der Waals surface area contributed by atoms with Gasteiger partial charge in [0.1, 0.15) is 5.75 Å². The molecule has 0 radical (unpaired) electrons. The molecular weight excluding hydrogens is 356 g/mol. The van der Waals surface area contributed by atoms with Gasteiger partial charge in [0.2, 0.25) is 5.91 Å². The number of carbonyl (C=O) groups excluding carboxylic acids is 1. The third-order valence-corrected chi connectivity index (χ3v) is 5.91. The molecule has 2 heterocycles. The van der Waals surface area contributed by atoms with Gasteiger partial charge in [-0.05, 0) is 41.1 Å². The van der Waals surface area contributed by atoms with Crippen LogP contribution in [0.4, 0.5) is 5.69 Å². The summed E-state index contributed by atoms with van der Waals surface area (Å²) in [6.07, 6.45) is 0.984. The number of hydrogen-bond acceptors (Lipinski definition) is 4. The number of anilines is 1. The molecule has 4 rings (SSSR count). The number of nitrogens with zero attached hydrogens (tertiary/aromatic N) is 1. The smallest absolute Gasteiger partial charge is 0.238 e. The van der Waals surface area contributed by atoms with E-state index in [2.05, 4.69) is 45.9 Å². The number of fused-ring (bicyclic) bond motifs is 1. The minimum absolute atomic E-state index is 0.0286.